The van der Waals surface area contributed by atoms with Crippen LogP contribution in [0.5, 0.6) is 0 Å². The average molecular weight is 323 g/mol. The van der Waals surface area contributed by atoms with Gasteiger partial charge in [0.15, 0.2) is 0 Å². The van der Waals surface area contributed by atoms with Gasteiger partial charge in [-0.15, -0.1) is 0 Å². The van der Waals surface area contributed by atoms with Crippen LogP contribution < -0.4 is 5.32 Å². The van der Waals surface area contributed by atoms with Crippen LogP contribution in [-0.2, 0) is 4.74 Å². The lowest BCUT2D eigenvalue weighted by Gasteiger charge is -2.33. The molecule has 0 saturated carbocycles. The van der Waals surface area contributed by atoms with E-state index in [1.165, 1.54) is 32.4 Å². The number of nitrogens with one attached hydrogen (secondary N) is 1. The number of rotatable bonds is 5. The molecule has 0 radical (unpaired) electrons. The minimum atomic E-state index is 0.0767. The molecular formula is C18H33N3O2. The highest BCUT2D eigenvalue weighted by atomic mass is 16.5. The van der Waals surface area contributed by atoms with Crippen LogP contribution in [0.4, 0.5) is 4.79 Å². The Balaban J connectivity index is 1.43. The summed E-state index contributed by atoms with van der Waals surface area (Å²) in [6, 6.07) is 0.911. The van der Waals surface area contributed by atoms with Crippen molar-refractivity contribution in [1.82, 2.24) is 15.1 Å². The Morgan fingerprint density at radius 2 is 2.00 bits per heavy atom. The fraction of sp³-hybridized carbons (Fsp3) is 0.944. The van der Waals surface area contributed by atoms with E-state index in [2.05, 4.69) is 24.1 Å². The van der Waals surface area contributed by atoms with E-state index in [0.717, 1.165) is 25.7 Å². The maximum atomic E-state index is 12.5. The summed E-state index contributed by atoms with van der Waals surface area (Å²) in [5.41, 5.74) is 0. The highest BCUT2D eigenvalue weighted by Crippen LogP contribution is 2.40. The highest BCUT2D eigenvalue weighted by Gasteiger charge is 2.48. The van der Waals surface area contributed by atoms with Crippen LogP contribution in [0.1, 0.15) is 40.0 Å². The predicted molar refractivity (Wildman–Crippen MR) is 91.4 cm³/mol. The van der Waals surface area contributed by atoms with E-state index in [1.54, 1.807) is 0 Å². The third kappa shape index (κ3) is 4.00. The zero-order chi connectivity index (χ0) is 16.4. The number of amides is 2. The lowest BCUT2D eigenvalue weighted by atomic mass is 9.90. The van der Waals surface area contributed by atoms with Crippen molar-refractivity contribution in [2.24, 2.45) is 17.8 Å². The molecule has 3 aliphatic heterocycles. The van der Waals surface area contributed by atoms with Crippen molar-refractivity contribution >= 4 is 6.03 Å². The summed E-state index contributed by atoms with van der Waals surface area (Å²) in [5.74, 6) is 1.93. The van der Waals surface area contributed by atoms with Crippen molar-refractivity contribution in [3.05, 3.63) is 0 Å². The molecule has 23 heavy (non-hydrogen) atoms. The molecule has 4 atom stereocenters. The van der Waals surface area contributed by atoms with Gasteiger partial charge >= 0.3 is 6.03 Å². The Labute approximate surface area is 140 Å². The first kappa shape index (κ1) is 17.0. The molecule has 0 aliphatic carbocycles. The van der Waals surface area contributed by atoms with Gasteiger partial charge in [0.25, 0.3) is 0 Å². The first-order chi connectivity index (χ1) is 11.0. The van der Waals surface area contributed by atoms with E-state index < -0.39 is 0 Å². The second-order valence-corrected chi connectivity index (χ2v) is 8.17. The van der Waals surface area contributed by atoms with E-state index in [-0.39, 0.29) is 12.1 Å². The highest BCUT2D eigenvalue weighted by molar-refractivity contribution is 5.75. The smallest absolute Gasteiger partial charge is 0.317 e. The van der Waals surface area contributed by atoms with Gasteiger partial charge in [0, 0.05) is 32.3 Å². The third-order valence-corrected chi connectivity index (χ3v) is 5.60. The molecule has 4 unspecified atom stereocenters. The maximum Gasteiger partial charge on any atom is 0.317 e. The molecule has 3 aliphatic rings. The molecule has 1 N–H and O–H groups in total. The van der Waals surface area contributed by atoms with Gasteiger partial charge in [0.1, 0.15) is 0 Å². The van der Waals surface area contributed by atoms with Crippen LogP contribution in [0.25, 0.3) is 0 Å². The van der Waals surface area contributed by atoms with Gasteiger partial charge in [-0.3, -0.25) is 4.90 Å². The molecule has 0 aromatic carbocycles. The normalized spacial score (nSPS) is 32.0. The third-order valence-electron chi connectivity index (χ3n) is 5.60. The molecule has 3 rings (SSSR count). The van der Waals surface area contributed by atoms with E-state index >= 15 is 0 Å². The molecule has 0 bridgehead atoms. The monoisotopic (exact) mass is 323 g/mol. The van der Waals surface area contributed by atoms with Gasteiger partial charge in [-0.2, -0.15) is 0 Å². The molecule has 5 nitrogen and oxygen atoms in total. The van der Waals surface area contributed by atoms with Crippen LogP contribution in [0.15, 0.2) is 0 Å². The molecule has 2 amide bonds. The fourth-order valence-corrected chi connectivity index (χ4v) is 4.55. The number of hydrogen-bond acceptors (Lipinski definition) is 3. The number of carbonyl (C=O) groups excluding carboxylic acids is 1. The second kappa shape index (κ2) is 7.39. The lowest BCUT2D eigenvalue weighted by molar-refractivity contribution is 0.0931. The van der Waals surface area contributed by atoms with E-state index in [0.29, 0.717) is 24.4 Å². The topological polar surface area (TPSA) is 44.8 Å². The minimum Gasteiger partial charge on any atom is -0.379 e. The Bertz CT molecular complexity index is 415. The number of carbonyl (C=O) groups is 1. The van der Waals surface area contributed by atoms with Gasteiger partial charge < -0.3 is 15.0 Å². The summed E-state index contributed by atoms with van der Waals surface area (Å²) in [4.78, 5) is 17.2. The summed E-state index contributed by atoms with van der Waals surface area (Å²) in [5, 5.41) is 3.11. The molecular weight excluding hydrogens is 290 g/mol. The van der Waals surface area contributed by atoms with Gasteiger partial charge in [0.05, 0.1) is 12.6 Å². The summed E-state index contributed by atoms with van der Waals surface area (Å²) in [7, 11) is 0. The molecule has 0 spiro atoms. The van der Waals surface area contributed by atoms with Gasteiger partial charge in [-0.25, -0.2) is 4.79 Å². The standard InChI is InChI=1S/C18H33N3O2/c1-13(2)11-23-12-14(3)19-18(22)21-9-15-8-20-7-5-4-6-17(20)16(15)10-21/h13-17H,4-12H2,1-3H3,(H,19,22). The lowest BCUT2D eigenvalue weighted by Crippen LogP contribution is -2.46. The van der Waals surface area contributed by atoms with Crippen molar-refractivity contribution in [2.75, 3.05) is 39.4 Å². The van der Waals surface area contributed by atoms with Crippen LogP contribution in [0.2, 0.25) is 0 Å². The number of hydrogen-bond donors (Lipinski definition) is 1. The van der Waals surface area contributed by atoms with Crippen molar-refractivity contribution in [3.8, 4) is 0 Å². The number of piperidine rings is 1. The summed E-state index contributed by atoms with van der Waals surface area (Å²) in [6.07, 6.45) is 4.05. The van der Waals surface area contributed by atoms with E-state index in [4.69, 9.17) is 4.74 Å². The van der Waals surface area contributed by atoms with Gasteiger partial charge in [0.2, 0.25) is 0 Å². The predicted octanol–water partition coefficient (Wildman–Crippen LogP) is 2.17. The Morgan fingerprint density at radius 1 is 1.17 bits per heavy atom. The molecule has 0 aromatic rings. The quantitative estimate of drug-likeness (QED) is 0.843. The average Bonchev–Trinajstić information content (AvgIpc) is 3.04. The number of ether oxygens (including phenoxy) is 1. The van der Waals surface area contributed by atoms with Crippen molar-refractivity contribution in [2.45, 2.75) is 52.1 Å². The van der Waals surface area contributed by atoms with Gasteiger partial charge in [-0.1, -0.05) is 20.3 Å². The molecule has 3 fully saturated rings. The fourth-order valence-electron chi connectivity index (χ4n) is 4.55. The van der Waals surface area contributed by atoms with Crippen LogP contribution >= 0.6 is 0 Å². The zero-order valence-electron chi connectivity index (χ0n) is 15.0. The molecule has 3 heterocycles. The summed E-state index contributed by atoms with van der Waals surface area (Å²) >= 11 is 0. The van der Waals surface area contributed by atoms with Crippen LogP contribution in [0.3, 0.4) is 0 Å². The first-order valence-electron chi connectivity index (χ1n) is 9.42. The number of urea groups is 1. The summed E-state index contributed by atoms with van der Waals surface area (Å²) in [6.45, 7) is 12.0. The molecule has 3 saturated heterocycles. The van der Waals surface area contributed by atoms with E-state index in [9.17, 15) is 4.79 Å². The molecule has 5 heteroatoms. The largest absolute Gasteiger partial charge is 0.379 e. The molecule has 132 valence electrons. The zero-order valence-corrected chi connectivity index (χ0v) is 15.0. The maximum absolute atomic E-state index is 12.5. The number of nitrogens with zero attached hydrogens (tertiary/aromatic N) is 2. The Kier molecular flexibility index (Phi) is 5.47. The Morgan fingerprint density at radius 3 is 2.78 bits per heavy atom. The van der Waals surface area contributed by atoms with Crippen molar-refractivity contribution < 1.29 is 9.53 Å². The minimum absolute atomic E-state index is 0.0767. The first-order valence-corrected chi connectivity index (χ1v) is 9.42. The van der Waals surface area contributed by atoms with Crippen molar-refractivity contribution in [3.63, 3.8) is 0 Å². The van der Waals surface area contributed by atoms with Crippen LogP contribution in [-0.4, -0.2) is 67.3 Å². The SMILES string of the molecule is CC(C)COCC(C)NC(=O)N1CC2CN3CCCCC3C2C1. The summed E-state index contributed by atoms with van der Waals surface area (Å²) < 4.78 is 5.63. The van der Waals surface area contributed by atoms with Gasteiger partial charge in [-0.05, 0) is 44.1 Å². The molecule has 0 aromatic heterocycles. The Hall–Kier alpha value is -0.810. The number of likely N-dealkylation sites (tertiary alicyclic amines) is 1. The van der Waals surface area contributed by atoms with Crippen molar-refractivity contribution in [1.29, 1.82) is 0 Å². The van der Waals surface area contributed by atoms with E-state index in [1.807, 2.05) is 11.8 Å². The van der Waals surface area contributed by atoms with Crippen LogP contribution in [0, 0.1) is 17.8 Å². The second-order valence-electron chi connectivity index (χ2n) is 8.17. The number of fused-ring (bicyclic) bond motifs is 3.